The number of rotatable bonds is 4. The number of nitrogens with zero attached hydrogens (tertiary/aromatic N) is 1. The molecule has 0 bridgehead atoms. The third-order valence-electron chi connectivity index (χ3n) is 2.16. The second-order valence-electron chi connectivity index (χ2n) is 3.34. The van der Waals surface area contributed by atoms with Crippen molar-refractivity contribution in [1.29, 1.82) is 0 Å². The standard InChI is InChI=1S/C11H10FN3OS/c12-9-2-1-7(5-8(9)11(13)16)15-6-10-14-3-4-17-10/h1-5,15H,6H2,(H2,13,16). The van der Waals surface area contributed by atoms with Crippen LogP contribution < -0.4 is 11.1 Å². The first kappa shape index (κ1) is 11.5. The Labute approximate surface area is 101 Å². The Hall–Kier alpha value is -1.95. The summed E-state index contributed by atoms with van der Waals surface area (Å²) in [5.41, 5.74) is 5.58. The molecule has 6 heteroatoms. The first-order chi connectivity index (χ1) is 8.16. The highest BCUT2D eigenvalue weighted by Gasteiger charge is 2.08. The maximum atomic E-state index is 13.2. The van der Waals surface area contributed by atoms with Gasteiger partial charge >= 0.3 is 0 Å². The molecule has 0 saturated heterocycles. The highest BCUT2D eigenvalue weighted by atomic mass is 32.1. The second-order valence-corrected chi connectivity index (χ2v) is 4.32. The molecule has 0 saturated carbocycles. The van der Waals surface area contributed by atoms with Crippen molar-refractivity contribution in [2.75, 3.05) is 5.32 Å². The van der Waals surface area contributed by atoms with E-state index in [1.165, 1.54) is 23.5 Å². The molecule has 1 aromatic heterocycles. The molecule has 0 aliphatic carbocycles. The lowest BCUT2D eigenvalue weighted by molar-refractivity contribution is 0.0996. The average molecular weight is 251 g/mol. The number of hydrogen-bond acceptors (Lipinski definition) is 4. The fourth-order valence-corrected chi connectivity index (χ4v) is 1.90. The summed E-state index contributed by atoms with van der Waals surface area (Å²) < 4.78 is 13.2. The summed E-state index contributed by atoms with van der Waals surface area (Å²) in [6.07, 6.45) is 1.71. The monoisotopic (exact) mass is 251 g/mol. The van der Waals surface area contributed by atoms with Crippen LogP contribution in [-0.2, 0) is 6.54 Å². The molecule has 0 spiro atoms. The lowest BCUT2D eigenvalue weighted by atomic mass is 10.2. The summed E-state index contributed by atoms with van der Waals surface area (Å²) in [5, 5.41) is 5.83. The van der Waals surface area contributed by atoms with Crippen molar-refractivity contribution in [3.05, 3.63) is 46.2 Å². The molecule has 2 rings (SSSR count). The van der Waals surface area contributed by atoms with Gasteiger partial charge in [0.25, 0.3) is 5.91 Å². The third kappa shape index (κ3) is 2.79. The van der Waals surface area contributed by atoms with Crippen molar-refractivity contribution in [3.63, 3.8) is 0 Å². The van der Waals surface area contributed by atoms with Gasteiger partial charge in [-0.05, 0) is 18.2 Å². The van der Waals surface area contributed by atoms with E-state index in [1.807, 2.05) is 5.38 Å². The Morgan fingerprint density at radius 2 is 2.35 bits per heavy atom. The van der Waals surface area contributed by atoms with Gasteiger partial charge < -0.3 is 11.1 Å². The van der Waals surface area contributed by atoms with Crippen LogP contribution in [0.4, 0.5) is 10.1 Å². The number of halogens is 1. The van der Waals surface area contributed by atoms with Gasteiger partial charge in [-0.15, -0.1) is 11.3 Å². The van der Waals surface area contributed by atoms with E-state index in [4.69, 9.17) is 5.73 Å². The number of hydrogen-bond donors (Lipinski definition) is 2. The van der Waals surface area contributed by atoms with Crippen LogP contribution in [0.1, 0.15) is 15.4 Å². The van der Waals surface area contributed by atoms with Crippen molar-refractivity contribution < 1.29 is 9.18 Å². The van der Waals surface area contributed by atoms with Gasteiger partial charge in [0.05, 0.1) is 12.1 Å². The number of nitrogens with two attached hydrogens (primary N) is 1. The predicted octanol–water partition coefficient (Wildman–Crippen LogP) is 1.99. The van der Waals surface area contributed by atoms with Crippen LogP contribution in [-0.4, -0.2) is 10.9 Å². The lowest BCUT2D eigenvalue weighted by Gasteiger charge is -2.06. The van der Waals surface area contributed by atoms with Crippen LogP contribution in [0.15, 0.2) is 29.8 Å². The minimum Gasteiger partial charge on any atom is -0.379 e. The van der Waals surface area contributed by atoms with Crippen molar-refractivity contribution in [2.45, 2.75) is 6.54 Å². The van der Waals surface area contributed by atoms with Crippen molar-refractivity contribution in [1.82, 2.24) is 4.98 Å². The molecule has 17 heavy (non-hydrogen) atoms. The molecule has 2 aromatic rings. The quantitative estimate of drug-likeness (QED) is 0.873. The number of amides is 1. The topological polar surface area (TPSA) is 68.0 Å². The van der Waals surface area contributed by atoms with Crippen LogP contribution in [0.5, 0.6) is 0 Å². The fourth-order valence-electron chi connectivity index (χ4n) is 1.34. The Morgan fingerprint density at radius 3 is 3.00 bits per heavy atom. The first-order valence-electron chi connectivity index (χ1n) is 4.88. The number of thiazole rings is 1. The Bertz CT molecular complexity index is 528. The summed E-state index contributed by atoms with van der Waals surface area (Å²) in [6, 6.07) is 4.16. The van der Waals surface area contributed by atoms with Crippen molar-refractivity contribution in [3.8, 4) is 0 Å². The van der Waals surface area contributed by atoms with Crippen LogP contribution >= 0.6 is 11.3 Å². The average Bonchev–Trinajstić information content (AvgIpc) is 2.80. The smallest absolute Gasteiger partial charge is 0.251 e. The largest absolute Gasteiger partial charge is 0.379 e. The molecule has 0 atom stereocenters. The van der Waals surface area contributed by atoms with Crippen molar-refractivity contribution >= 4 is 22.9 Å². The lowest BCUT2D eigenvalue weighted by Crippen LogP contribution is -2.13. The molecule has 3 N–H and O–H groups in total. The van der Waals surface area contributed by atoms with Crippen LogP contribution in [0.3, 0.4) is 0 Å². The molecular weight excluding hydrogens is 241 g/mol. The van der Waals surface area contributed by atoms with E-state index < -0.39 is 11.7 Å². The van der Waals surface area contributed by atoms with Gasteiger partial charge in [0, 0.05) is 17.3 Å². The summed E-state index contributed by atoms with van der Waals surface area (Å²) in [7, 11) is 0. The number of primary amides is 1. The molecule has 1 heterocycles. The summed E-state index contributed by atoms with van der Waals surface area (Å²) in [5.74, 6) is -1.39. The van der Waals surface area contributed by atoms with Gasteiger partial charge in [0.1, 0.15) is 10.8 Å². The normalized spacial score (nSPS) is 10.2. The number of aromatic nitrogens is 1. The van der Waals surface area contributed by atoms with Gasteiger partial charge in [-0.2, -0.15) is 0 Å². The zero-order valence-corrected chi connectivity index (χ0v) is 9.63. The maximum Gasteiger partial charge on any atom is 0.251 e. The molecule has 0 aliphatic heterocycles. The van der Waals surface area contributed by atoms with E-state index in [-0.39, 0.29) is 5.56 Å². The van der Waals surface area contributed by atoms with E-state index in [1.54, 1.807) is 12.3 Å². The zero-order chi connectivity index (χ0) is 12.3. The molecular formula is C11H10FN3OS. The van der Waals surface area contributed by atoms with E-state index in [0.717, 1.165) is 5.01 Å². The molecule has 1 aromatic carbocycles. The Morgan fingerprint density at radius 1 is 1.53 bits per heavy atom. The SMILES string of the molecule is NC(=O)c1cc(NCc2nccs2)ccc1F. The molecule has 4 nitrogen and oxygen atoms in total. The van der Waals surface area contributed by atoms with E-state index in [2.05, 4.69) is 10.3 Å². The maximum absolute atomic E-state index is 13.2. The van der Waals surface area contributed by atoms with Gasteiger partial charge in [0.2, 0.25) is 0 Å². The van der Waals surface area contributed by atoms with Gasteiger partial charge in [0.15, 0.2) is 0 Å². The summed E-state index contributed by atoms with van der Waals surface area (Å²) in [4.78, 5) is 15.0. The van der Waals surface area contributed by atoms with Crippen molar-refractivity contribution in [2.24, 2.45) is 5.73 Å². The molecule has 1 amide bonds. The first-order valence-corrected chi connectivity index (χ1v) is 5.76. The third-order valence-corrected chi connectivity index (χ3v) is 2.94. The highest BCUT2D eigenvalue weighted by Crippen LogP contribution is 2.15. The van der Waals surface area contributed by atoms with Crippen LogP contribution in [0, 0.1) is 5.82 Å². The van der Waals surface area contributed by atoms with Crippen LogP contribution in [0.2, 0.25) is 0 Å². The molecule has 0 aliphatic rings. The van der Waals surface area contributed by atoms with Crippen LogP contribution in [0.25, 0.3) is 0 Å². The van der Waals surface area contributed by atoms with Gasteiger partial charge in [-0.25, -0.2) is 9.37 Å². The highest BCUT2D eigenvalue weighted by molar-refractivity contribution is 7.09. The van der Waals surface area contributed by atoms with Gasteiger partial charge in [-0.1, -0.05) is 0 Å². The molecule has 0 radical (unpaired) electrons. The molecule has 88 valence electrons. The molecule has 0 fully saturated rings. The minimum absolute atomic E-state index is 0.117. The number of carbonyl (C=O) groups is 1. The zero-order valence-electron chi connectivity index (χ0n) is 8.81. The predicted molar refractivity (Wildman–Crippen MR) is 64.4 cm³/mol. The Balaban J connectivity index is 2.11. The molecule has 0 unspecified atom stereocenters. The second kappa shape index (κ2) is 4.92. The fraction of sp³-hybridized carbons (Fsp3) is 0.0909. The number of anilines is 1. The van der Waals surface area contributed by atoms with E-state index >= 15 is 0 Å². The number of nitrogens with one attached hydrogen (secondary N) is 1. The summed E-state index contributed by atoms with van der Waals surface area (Å²) >= 11 is 1.52. The van der Waals surface area contributed by atoms with E-state index in [9.17, 15) is 9.18 Å². The van der Waals surface area contributed by atoms with E-state index in [0.29, 0.717) is 12.2 Å². The number of benzene rings is 1. The summed E-state index contributed by atoms with van der Waals surface area (Å²) in [6.45, 7) is 0.529. The Kier molecular flexibility index (Phi) is 3.34. The number of carbonyl (C=O) groups excluding carboxylic acids is 1. The minimum atomic E-state index is -0.777. The van der Waals surface area contributed by atoms with Gasteiger partial charge in [-0.3, -0.25) is 4.79 Å².